The van der Waals surface area contributed by atoms with Crippen LogP contribution in [0.2, 0.25) is 0 Å². The molecular weight excluding hydrogens is 250 g/mol. The number of rotatable bonds is 5. The fourth-order valence-corrected chi connectivity index (χ4v) is 2.66. The van der Waals surface area contributed by atoms with Gasteiger partial charge in [-0.05, 0) is 38.8 Å². The van der Waals surface area contributed by atoms with Crippen LogP contribution in [0.15, 0.2) is 30.3 Å². The fraction of sp³-hybridized carbons (Fsp3) is 0.375. The van der Waals surface area contributed by atoms with Crippen LogP contribution in [-0.2, 0) is 0 Å². The highest BCUT2D eigenvalue weighted by Crippen LogP contribution is 2.35. The lowest BCUT2D eigenvalue weighted by Gasteiger charge is -2.24. The molecule has 4 nitrogen and oxygen atoms in total. The van der Waals surface area contributed by atoms with Gasteiger partial charge in [0, 0.05) is 12.6 Å². The third-order valence-corrected chi connectivity index (χ3v) is 3.80. The van der Waals surface area contributed by atoms with E-state index in [0.29, 0.717) is 11.6 Å². The molecule has 4 heteroatoms. The van der Waals surface area contributed by atoms with E-state index in [2.05, 4.69) is 16.9 Å². The third kappa shape index (κ3) is 2.11. The molecule has 1 aromatic heterocycles. The van der Waals surface area contributed by atoms with Crippen molar-refractivity contribution in [2.75, 3.05) is 11.4 Å². The Morgan fingerprint density at radius 1 is 1.35 bits per heavy atom. The maximum Gasteiger partial charge on any atom is 0.155 e. The Kier molecular flexibility index (Phi) is 3.30. The molecule has 1 aliphatic carbocycles. The molecule has 104 valence electrons. The van der Waals surface area contributed by atoms with Gasteiger partial charge in [0.2, 0.25) is 0 Å². The van der Waals surface area contributed by atoms with E-state index in [-0.39, 0.29) is 0 Å². The normalized spacial score (nSPS) is 14.3. The van der Waals surface area contributed by atoms with E-state index in [1.807, 2.05) is 41.9 Å². The number of carbonyl (C=O) groups excluding carboxylic acids is 1. The molecular formula is C16H19N3O. The van der Waals surface area contributed by atoms with Gasteiger partial charge >= 0.3 is 0 Å². The lowest BCUT2D eigenvalue weighted by molar-refractivity contribution is 0.112. The summed E-state index contributed by atoms with van der Waals surface area (Å²) in [5.41, 5.74) is 2.50. The molecule has 1 saturated carbocycles. The summed E-state index contributed by atoms with van der Waals surface area (Å²) >= 11 is 0. The summed E-state index contributed by atoms with van der Waals surface area (Å²) in [5, 5.41) is 4.57. The second-order valence-electron chi connectivity index (χ2n) is 5.21. The minimum absolute atomic E-state index is 0.553. The van der Waals surface area contributed by atoms with Gasteiger partial charge in [0.1, 0.15) is 5.82 Å². The second-order valence-corrected chi connectivity index (χ2v) is 5.21. The minimum Gasteiger partial charge on any atom is -0.353 e. The summed E-state index contributed by atoms with van der Waals surface area (Å²) in [6.07, 6.45) is 3.33. The number of anilines is 1. The maximum absolute atomic E-state index is 11.5. The SMILES string of the molecule is CCN(c1c(C=O)c(C)nn1-c1ccccc1)C1CC1. The van der Waals surface area contributed by atoms with Crippen LogP contribution in [0.25, 0.3) is 5.69 Å². The Morgan fingerprint density at radius 2 is 2.05 bits per heavy atom. The Hall–Kier alpha value is -2.10. The lowest BCUT2D eigenvalue weighted by Crippen LogP contribution is -2.28. The van der Waals surface area contributed by atoms with Gasteiger partial charge in [-0.15, -0.1) is 0 Å². The summed E-state index contributed by atoms with van der Waals surface area (Å²) < 4.78 is 1.90. The summed E-state index contributed by atoms with van der Waals surface area (Å²) in [5.74, 6) is 0.939. The molecule has 0 radical (unpaired) electrons. The Bertz CT molecular complexity index is 614. The van der Waals surface area contributed by atoms with E-state index in [0.717, 1.165) is 30.0 Å². The molecule has 2 aromatic rings. The highest BCUT2D eigenvalue weighted by Gasteiger charge is 2.32. The molecule has 0 aliphatic heterocycles. The Balaban J connectivity index is 2.16. The van der Waals surface area contributed by atoms with E-state index < -0.39 is 0 Å². The van der Waals surface area contributed by atoms with Gasteiger partial charge in [-0.1, -0.05) is 18.2 Å². The molecule has 0 saturated heterocycles. The van der Waals surface area contributed by atoms with Gasteiger partial charge in [-0.3, -0.25) is 4.79 Å². The van der Waals surface area contributed by atoms with Crippen LogP contribution < -0.4 is 4.90 Å². The zero-order valence-electron chi connectivity index (χ0n) is 11.9. The molecule has 0 bridgehead atoms. The van der Waals surface area contributed by atoms with Crippen molar-refractivity contribution in [3.63, 3.8) is 0 Å². The van der Waals surface area contributed by atoms with Crippen molar-refractivity contribution in [2.45, 2.75) is 32.7 Å². The Labute approximate surface area is 119 Å². The number of carbonyl (C=O) groups is 1. The van der Waals surface area contributed by atoms with Gasteiger partial charge in [0.15, 0.2) is 6.29 Å². The average molecular weight is 269 g/mol. The molecule has 0 unspecified atom stereocenters. The number of aldehydes is 1. The number of hydrogen-bond donors (Lipinski definition) is 0. The van der Waals surface area contributed by atoms with Crippen LogP contribution in [0.4, 0.5) is 5.82 Å². The molecule has 1 heterocycles. The van der Waals surface area contributed by atoms with E-state index in [4.69, 9.17) is 0 Å². The fourth-order valence-electron chi connectivity index (χ4n) is 2.66. The van der Waals surface area contributed by atoms with Gasteiger partial charge in [0.05, 0.1) is 16.9 Å². The van der Waals surface area contributed by atoms with Crippen LogP contribution in [0.5, 0.6) is 0 Å². The molecule has 1 aromatic carbocycles. The number of benzene rings is 1. The van der Waals surface area contributed by atoms with Crippen molar-refractivity contribution in [1.29, 1.82) is 0 Å². The molecule has 0 amide bonds. The molecule has 20 heavy (non-hydrogen) atoms. The van der Waals surface area contributed by atoms with Gasteiger partial charge in [-0.2, -0.15) is 5.10 Å². The average Bonchev–Trinajstić information content (AvgIpc) is 3.25. The van der Waals surface area contributed by atoms with Crippen molar-refractivity contribution < 1.29 is 4.79 Å². The molecule has 3 rings (SSSR count). The summed E-state index contributed by atoms with van der Waals surface area (Å²) in [4.78, 5) is 13.8. The van der Waals surface area contributed by atoms with Gasteiger partial charge in [-0.25, -0.2) is 4.68 Å². The lowest BCUT2D eigenvalue weighted by atomic mass is 10.2. The molecule has 1 aliphatic rings. The van der Waals surface area contributed by atoms with Crippen molar-refractivity contribution in [1.82, 2.24) is 9.78 Å². The first-order valence-electron chi connectivity index (χ1n) is 7.13. The molecule has 0 N–H and O–H groups in total. The van der Waals surface area contributed by atoms with Gasteiger partial charge < -0.3 is 4.90 Å². The van der Waals surface area contributed by atoms with Crippen molar-refractivity contribution >= 4 is 12.1 Å². The first-order valence-corrected chi connectivity index (χ1v) is 7.13. The molecule has 1 fully saturated rings. The second kappa shape index (κ2) is 5.12. The van der Waals surface area contributed by atoms with E-state index in [1.165, 1.54) is 12.8 Å². The van der Waals surface area contributed by atoms with Crippen LogP contribution in [0.1, 0.15) is 35.8 Å². The monoisotopic (exact) mass is 269 g/mol. The quantitative estimate of drug-likeness (QED) is 0.783. The van der Waals surface area contributed by atoms with Crippen LogP contribution >= 0.6 is 0 Å². The van der Waals surface area contributed by atoms with Crippen molar-refractivity contribution in [3.8, 4) is 5.69 Å². The summed E-state index contributed by atoms with van der Waals surface area (Å²) in [6, 6.07) is 10.6. The van der Waals surface area contributed by atoms with Crippen LogP contribution in [-0.4, -0.2) is 28.7 Å². The third-order valence-electron chi connectivity index (χ3n) is 3.80. The van der Waals surface area contributed by atoms with Crippen LogP contribution in [0, 0.1) is 6.92 Å². The van der Waals surface area contributed by atoms with Crippen LogP contribution in [0.3, 0.4) is 0 Å². The number of nitrogens with zero attached hydrogens (tertiary/aromatic N) is 3. The highest BCUT2D eigenvalue weighted by molar-refractivity contribution is 5.85. The molecule has 0 atom stereocenters. The largest absolute Gasteiger partial charge is 0.353 e. The number of aryl methyl sites for hydroxylation is 1. The topological polar surface area (TPSA) is 38.1 Å². The van der Waals surface area contributed by atoms with E-state index in [9.17, 15) is 4.79 Å². The summed E-state index contributed by atoms with van der Waals surface area (Å²) in [6.45, 7) is 4.92. The zero-order valence-corrected chi connectivity index (χ0v) is 11.9. The highest BCUT2D eigenvalue weighted by atomic mass is 16.1. The number of hydrogen-bond acceptors (Lipinski definition) is 3. The van der Waals surface area contributed by atoms with E-state index in [1.54, 1.807) is 0 Å². The predicted molar refractivity (Wildman–Crippen MR) is 79.7 cm³/mol. The van der Waals surface area contributed by atoms with Gasteiger partial charge in [0.25, 0.3) is 0 Å². The minimum atomic E-state index is 0.553. The first-order chi connectivity index (χ1) is 9.76. The zero-order chi connectivity index (χ0) is 14.1. The first kappa shape index (κ1) is 12.9. The standard InChI is InChI=1S/C16H19N3O/c1-3-18(13-9-10-13)16-15(11-20)12(2)17-19(16)14-7-5-4-6-8-14/h4-8,11,13H,3,9-10H2,1-2H3. The van der Waals surface area contributed by atoms with Crippen molar-refractivity contribution in [3.05, 3.63) is 41.6 Å². The molecule has 0 spiro atoms. The number of aromatic nitrogens is 2. The Morgan fingerprint density at radius 3 is 2.60 bits per heavy atom. The smallest absolute Gasteiger partial charge is 0.155 e. The van der Waals surface area contributed by atoms with E-state index >= 15 is 0 Å². The predicted octanol–water partition coefficient (Wildman–Crippen LogP) is 2.98. The number of para-hydroxylation sites is 1. The summed E-state index contributed by atoms with van der Waals surface area (Å²) in [7, 11) is 0. The van der Waals surface area contributed by atoms with Crippen molar-refractivity contribution in [2.24, 2.45) is 0 Å². The maximum atomic E-state index is 11.5.